The van der Waals surface area contributed by atoms with E-state index in [1.807, 2.05) is 0 Å². The minimum absolute atomic E-state index is 0.120. The highest BCUT2D eigenvalue weighted by molar-refractivity contribution is 5.11. The van der Waals surface area contributed by atoms with Gasteiger partial charge in [-0.1, -0.05) is 0 Å². The van der Waals surface area contributed by atoms with Crippen molar-refractivity contribution in [2.45, 2.75) is 0 Å². The summed E-state index contributed by atoms with van der Waals surface area (Å²) in [6.07, 6.45) is 2.25. The summed E-state index contributed by atoms with van der Waals surface area (Å²) < 4.78 is 4.19. The van der Waals surface area contributed by atoms with Crippen LogP contribution >= 0.6 is 0 Å². The van der Waals surface area contributed by atoms with E-state index in [9.17, 15) is 0 Å². The van der Waals surface area contributed by atoms with Crippen molar-refractivity contribution in [2.75, 3.05) is 5.73 Å². The largest absolute Gasteiger partial charge is 0.366 e. The van der Waals surface area contributed by atoms with E-state index in [-0.39, 0.29) is 5.88 Å². The van der Waals surface area contributed by atoms with Gasteiger partial charge in [-0.05, 0) is 0 Å². The number of anilines is 1. The summed E-state index contributed by atoms with van der Waals surface area (Å²) in [4.78, 5) is 0. The number of hydrogen-bond acceptors (Lipinski definition) is 4. The maximum atomic E-state index is 4.93. The second kappa shape index (κ2) is 0.965. The molecule has 1 aromatic heterocycles. The monoisotopic (exact) mass is 84.0 g/mol. The Bertz CT molecular complexity index is 112. The number of nitrogens with zero attached hydrogens (tertiary/aromatic N) is 2. The zero-order valence-electron chi connectivity index (χ0n) is 2.88. The lowest BCUT2D eigenvalue weighted by atomic mass is 10.9. The van der Waals surface area contributed by atoms with Gasteiger partial charge in [0, 0.05) is 5.27 Å². The molecule has 0 saturated heterocycles. The molecule has 1 radical (unpaired) electrons. The average Bonchev–Trinajstić information content (AvgIpc) is 1.86. The summed E-state index contributed by atoms with van der Waals surface area (Å²) in [7, 11) is 0. The van der Waals surface area contributed by atoms with Crippen molar-refractivity contribution >= 4 is 5.88 Å². The smallest absolute Gasteiger partial charge is 0.252 e. The van der Waals surface area contributed by atoms with Gasteiger partial charge in [0.05, 0.1) is 0 Å². The average molecular weight is 84.1 g/mol. The summed E-state index contributed by atoms with van der Waals surface area (Å²) >= 11 is 0. The Kier molecular flexibility index (Phi) is 0.506. The fraction of sp³-hybridized carbons (Fsp3) is 0. The second-order valence-electron chi connectivity index (χ2n) is 0.749. The van der Waals surface area contributed by atoms with Gasteiger partial charge in [0.2, 0.25) is 0 Å². The van der Waals surface area contributed by atoms with Gasteiger partial charge in [-0.2, -0.15) is 0 Å². The van der Waals surface area contributed by atoms with E-state index in [2.05, 4.69) is 21.1 Å². The van der Waals surface area contributed by atoms with Crippen LogP contribution in [-0.2, 0) is 0 Å². The Morgan fingerprint density at radius 3 is 2.83 bits per heavy atom. The number of hydrogen-bond donors (Lipinski definition) is 1. The molecule has 2 N–H and O–H groups in total. The van der Waals surface area contributed by atoms with Gasteiger partial charge in [-0.25, -0.2) is 0 Å². The van der Waals surface area contributed by atoms with E-state index < -0.39 is 0 Å². The van der Waals surface area contributed by atoms with Crippen molar-refractivity contribution in [3.8, 4) is 0 Å². The lowest BCUT2D eigenvalue weighted by molar-refractivity contribution is 0.407. The summed E-state index contributed by atoms with van der Waals surface area (Å²) in [5.41, 5.74) is 4.93. The van der Waals surface area contributed by atoms with Crippen LogP contribution in [0.3, 0.4) is 0 Å². The minimum Gasteiger partial charge on any atom is -0.366 e. The van der Waals surface area contributed by atoms with Crippen molar-refractivity contribution in [3.05, 3.63) is 6.20 Å². The lowest BCUT2D eigenvalue weighted by Gasteiger charge is -1.63. The third-order valence-electron chi connectivity index (χ3n) is 0.340. The molecule has 1 rings (SSSR count). The van der Waals surface area contributed by atoms with Crippen molar-refractivity contribution in [3.63, 3.8) is 0 Å². The predicted octanol–water partition coefficient (Wildman–Crippen LogP) is -0.548. The van der Waals surface area contributed by atoms with E-state index >= 15 is 0 Å². The second-order valence-corrected chi connectivity index (χ2v) is 0.749. The zero-order valence-corrected chi connectivity index (χ0v) is 2.88. The van der Waals surface area contributed by atoms with Crippen LogP contribution < -0.4 is 5.73 Å². The van der Waals surface area contributed by atoms with Crippen LogP contribution in [0.5, 0.6) is 0 Å². The van der Waals surface area contributed by atoms with Gasteiger partial charge in [0.25, 0.3) is 5.88 Å². The van der Waals surface area contributed by atoms with E-state index in [4.69, 9.17) is 5.73 Å². The first kappa shape index (κ1) is 3.14. The van der Waals surface area contributed by atoms with Gasteiger partial charge in [-0.3, -0.25) is 0 Å². The molecule has 0 fully saturated rings. The predicted molar refractivity (Wildman–Crippen MR) is 17.5 cm³/mol. The number of nitrogen functional groups attached to an aromatic ring is 1. The maximum Gasteiger partial charge on any atom is 0.252 e. The molecule has 6 heavy (non-hydrogen) atoms. The van der Waals surface area contributed by atoms with Crippen LogP contribution in [0.4, 0.5) is 5.88 Å². The first-order valence-corrected chi connectivity index (χ1v) is 1.35. The molecule has 4 nitrogen and oxygen atoms in total. The van der Waals surface area contributed by atoms with Crippen LogP contribution in [0.2, 0.25) is 0 Å². The normalized spacial score (nSPS) is 8.67. The standard InChI is InChI=1S/C2H2N3O/c3-2-1-4-5-6-2/h3H2. The summed E-state index contributed by atoms with van der Waals surface area (Å²) in [5.74, 6) is 0.120. The highest BCUT2D eigenvalue weighted by atomic mass is 16.5. The topological polar surface area (TPSA) is 64.9 Å². The first-order valence-electron chi connectivity index (χ1n) is 1.35. The number of nitrogens with two attached hydrogens (primary N) is 1. The van der Waals surface area contributed by atoms with Crippen molar-refractivity contribution in [1.82, 2.24) is 10.4 Å². The van der Waals surface area contributed by atoms with E-state index in [1.54, 1.807) is 0 Å². The minimum atomic E-state index is 0.120. The highest BCUT2D eigenvalue weighted by Gasteiger charge is 1.82. The number of aromatic nitrogens is 2. The lowest BCUT2D eigenvalue weighted by Crippen LogP contribution is -1.76. The summed E-state index contributed by atoms with van der Waals surface area (Å²) in [6, 6.07) is 0. The van der Waals surface area contributed by atoms with Gasteiger partial charge in [-0.15, -0.1) is 5.10 Å². The Labute approximate surface area is 33.9 Å². The van der Waals surface area contributed by atoms with Gasteiger partial charge in [0.15, 0.2) is 6.20 Å². The fourth-order valence-electron chi connectivity index (χ4n) is 0.154. The molecule has 0 aliphatic rings. The maximum absolute atomic E-state index is 4.93. The Balaban J connectivity index is 3.05. The highest BCUT2D eigenvalue weighted by Crippen LogP contribution is 1.87. The van der Waals surface area contributed by atoms with Gasteiger partial charge < -0.3 is 10.3 Å². The zero-order chi connectivity index (χ0) is 4.41. The number of rotatable bonds is 0. The van der Waals surface area contributed by atoms with Crippen LogP contribution in [-0.4, -0.2) is 10.4 Å². The van der Waals surface area contributed by atoms with Crippen LogP contribution in [0, 0.1) is 6.20 Å². The molecule has 1 aromatic rings. The molecule has 0 saturated carbocycles. The third kappa shape index (κ3) is 0.314. The quantitative estimate of drug-likeness (QED) is 0.458. The van der Waals surface area contributed by atoms with Gasteiger partial charge in [0.1, 0.15) is 0 Å². The Hall–Kier alpha value is -1.06. The molecule has 0 aromatic carbocycles. The molecule has 0 amide bonds. The third-order valence-corrected chi connectivity index (χ3v) is 0.340. The molecule has 1 heterocycles. The van der Waals surface area contributed by atoms with Crippen molar-refractivity contribution in [1.29, 1.82) is 0 Å². The molecular weight excluding hydrogens is 82.0 g/mol. The van der Waals surface area contributed by atoms with Crippen LogP contribution in [0.15, 0.2) is 4.52 Å². The van der Waals surface area contributed by atoms with Crippen molar-refractivity contribution in [2.24, 2.45) is 0 Å². The van der Waals surface area contributed by atoms with Crippen LogP contribution in [0.25, 0.3) is 0 Å². The molecule has 0 bridgehead atoms. The van der Waals surface area contributed by atoms with Crippen LogP contribution in [0.1, 0.15) is 0 Å². The Morgan fingerprint density at radius 1 is 1.83 bits per heavy atom. The van der Waals surface area contributed by atoms with E-state index in [1.165, 1.54) is 0 Å². The molecule has 4 heteroatoms. The fourth-order valence-corrected chi connectivity index (χ4v) is 0.154. The summed E-state index contributed by atoms with van der Waals surface area (Å²) in [6.45, 7) is 0. The summed E-state index contributed by atoms with van der Waals surface area (Å²) in [5, 5.41) is 6.17. The van der Waals surface area contributed by atoms with Gasteiger partial charge >= 0.3 is 0 Å². The first-order chi connectivity index (χ1) is 2.89. The molecule has 0 aliphatic carbocycles. The van der Waals surface area contributed by atoms with E-state index in [0.717, 1.165) is 0 Å². The molecule has 0 unspecified atom stereocenters. The molecule has 31 valence electrons. The SMILES string of the molecule is Nc1[c]nno1. The van der Waals surface area contributed by atoms with E-state index in [0.29, 0.717) is 0 Å². The molecule has 0 aliphatic heterocycles. The van der Waals surface area contributed by atoms with Crippen molar-refractivity contribution < 1.29 is 4.52 Å². The molecule has 0 spiro atoms. The Morgan fingerprint density at radius 2 is 2.67 bits per heavy atom. The molecule has 0 atom stereocenters. The molecular formula is C2H2N3O.